The molecular formula is C21H24N6O2. The van der Waals surface area contributed by atoms with Crippen molar-refractivity contribution in [3.8, 4) is 0 Å². The van der Waals surface area contributed by atoms with Crippen LogP contribution in [0, 0.1) is 0 Å². The van der Waals surface area contributed by atoms with Crippen LogP contribution in [0.5, 0.6) is 0 Å². The third-order valence-electron chi connectivity index (χ3n) is 5.07. The molecule has 29 heavy (non-hydrogen) atoms. The summed E-state index contributed by atoms with van der Waals surface area (Å²) in [4.78, 5) is 34.8. The Kier molecular flexibility index (Phi) is 5.41. The number of benzene rings is 1. The quantitative estimate of drug-likeness (QED) is 0.603. The molecule has 0 radical (unpaired) electrons. The predicted molar refractivity (Wildman–Crippen MR) is 111 cm³/mol. The van der Waals surface area contributed by atoms with E-state index in [-0.39, 0.29) is 11.8 Å². The highest BCUT2D eigenvalue weighted by Crippen LogP contribution is 2.20. The molecule has 0 saturated carbocycles. The van der Waals surface area contributed by atoms with Crippen molar-refractivity contribution in [1.82, 2.24) is 24.8 Å². The lowest BCUT2D eigenvalue weighted by atomic mass is 10.3. The Hall–Kier alpha value is -3.42. The van der Waals surface area contributed by atoms with Gasteiger partial charge in [-0.25, -0.2) is 9.97 Å². The van der Waals surface area contributed by atoms with Gasteiger partial charge in [-0.05, 0) is 37.1 Å². The molecule has 150 valence electrons. The van der Waals surface area contributed by atoms with E-state index in [1.165, 1.54) is 0 Å². The van der Waals surface area contributed by atoms with Gasteiger partial charge in [-0.3, -0.25) is 9.59 Å². The Balaban J connectivity index is 1.35. The first-order valence-corrected chi connectivity index (χ1v) is 9.83. The van der Waals surface area contributed by atoms with Crippen LogP contribution < -0.4 is 10.6 Å². The van der Waals surface area contributed by atoms with Crippen molar-refractivity contribution in [2.75, 3.05) is 25.0 Å². The van der Waals surface area contributed by atoms with Crippen LogP contribution in [-0.2, 0) is 11.8 Å². The maximum atomic E-state index is 12.4. The van der Waals surface area contributed by atoms with Crippen LogP contribution in [0.4, 0.5) is 11.8 Å². The fourth-order valence-corrected chi connectivity index (χ4v) is 3.51. The second-order valence-corrected chi connectivity index (χ2v) is 7.11. The van der Waals surface area contributed by atoms with Gasteiger partial charge >= 0.3 is 0 Å². The maximum absolute atomic E-state index is 12.4. The van der Waals surface area contributed by atoms with E-state index in [1.54, 1.807) is 18.2 Å². The lowest BCUT2D eigenvalue weighted by Crippen LogP contribution is -2.31. The first-order chi connectivity index (χ1) is 14.1. The third kappa shape index (κ3) is 4.21. The number of fused-ring (bicyclic) bond motifs is 1. The minimum absolute atomic E-state index is 0.207. The van der Waals surface area contributed by atoms with E-state index < -0.39 is 0 Å². The van der Waals surface area contributed by atoms with Gasteiger partial charge < -0.3 is 20.1 Å². The van der Waals surface area contributed by atoms with Crippen LogP contribution >= 0.6 is 0 Å². The minimum atomic E-state index is -0.230. The molecule has 3 aromatic rings. The molecule has 3 heterocycles. The van der Waals surface area contributed by atoms with Gasteiger partial charge in [-0.1, -0.05) is 18.2 Å². The monoisotopic (exact) mass is 392 g/mol. The van der Waals surface area contributed by atoms with Gasteiger partial charge in [0.2, 0.25) is 11.9 Å². The van der Waals surface area contributed by atoms with Crippen molar-refractivity contribution < 1.29 is 9.59 Å². The first-order valence-electron chi connectivity index (χ1n) is 9.83. The van der Waals surface area contributed by atoms with Gasteiger partial charge in [0, 0.05) is 33.1 Å². The number of rotatable bonds is 7. The van der Waals surface area contributed by atoms with E-state index in [2.05, 4.69) is 20.6 Å². The van der Waals surface area contributed by atoms with Crippen LogP contribution in [0.2, 0.25) is 0 Å². The van der Waals surface area contributed by atoms with Crippen molar-refractivity contribution in [2.24, 2.45) is 7.05 Å². The van der Waals surface area contributed by atoms with Crippen molar-refractivity contribution in [1.29, 1.82) is 0 Å². The van der Waals surface area contributed by atoms with Gasteiger partial charge in [0.1, 0.15) is 11.5 Å². The zero-order valence-electron chi connectivity index (χ0n) is 16.4. The number of carbonyl (C=O) groups is 2. The molecule has 8 nitrogen and oxygen atoms in total. The molecular weight excluding hydrogens is 368 g/mol. The number of pyridine rings is 1. The molecule has 1 saturated heterocycles. The van der Waals surface area contributed by atoms with Gasteiger partial charge in [0.15, 0.2) is 0 Å². The van der Waals surface area contributed by atoms with E-state index in [4.69, 9.17) is 0 Å². The molecule has 0 spiro atoms. The molecule has 1 aliphatic heterocycles. The number of carbonyl (C=O) groups excluding carboxylic acids is 2. The smallest absolute Gasteiger partial charge is 0.269 e. The van der Waals surface area contributed by atoms with Crippen LogP contribution in [0.15, 0.2) is 42.5 Å². The molecule has 2 aromatic heterocycles. The zero-order chi connectivity index (χ0) is 20.2. The highest BCUT2D eigenvalue weighted by atomic mass is 16.2. The predicted octanol–water partition coefficient (Wildman–Crippen LogP) is 2.45. The number of aromatic nitrogens is 3. The van der Waals surface area contributed by atoms with Crippen molar-refractivity contribution in [2.45, 2.75) is 19.3 Å². The Bertz CT molecular complexity index is 1040. The number of aryl methyl sites for hydroxylation is 1. The second kappa shape index (κ2) is 8.30. The zero-order valence-corrected chi connectivity index (χ0v) is 16.4. The first kappa shape index (κ1) is 18.9. The SMILES string of the molecule is Cn1c(Nc2cccc(C(=O)NCCCN3CCCC3=O)n2)nc2ccccc21. The Morgan fingerprint density at radius 3 is 2.79 bits per heavy atom. The van der Waals surface area contributed by atoms with Crippen LogP contribution in [0.3, 0.4) is 0 Å². The Morgan fingerprint density at radius 1 is 1.14 bits per heavy atom. The van der Waals surface area contributed by atoms with E-state index in [1.807, 2.05) is 40.8 Å². The molecule has 1 aromatic carbocycles. The van der Waals surface area contributed by atoms with E-state index in [9.17, 15) is 9.59 Å². The Morgan fingerprint density at radius 2 is 2.00 bits per heavy atom. The van der Waals surface area contributed by atoms with Gasteiger partial charge in [0.05, 0.1) is 11.0 Å². The lowest BCUT2D eigenvalue weighted by Gasteiger charge is -2.15. The number of nitrogens with one attached hydrogen (secondary N) is 2. The van der Waals surface area contributed by atoms with Crippen molar-refractivity contribution >= 4 is 34.6 Å². The van der Waals surface area contributed by atoms with Gasteiger partial charge in [-0.15, -0.1) is 0 Å². The number of para-hydroxylation sites is 2. The summed E-state index contributed by atoms with van der Waals surface area (Å²) < 4.78 is 1.95. The molecule has 2 N–H and O–H groups in total. The standard InChI is InChI=1S/C21H24N6O2/c1-26-17-9-3-2-7-15(17)24-21(26)25-18-10-4-8-16(23-18)20(29)22-12-6-14-27-13-5-11-19(27)28/h2-4,7-10H,5-6,11-14H2,1H3,(H,22,29)(H,23,24,25). The third-order valence-corrected chi connectivity index (χ3v) is 5.07. The summed E-state index contributed by atoms with van der Waals surface area (Å²) in [7, 11) is 1.93. The largest absolute Gasteiger partial charge is 0.351 e. The number of likely N-dealkylation sites (tertiary alicyclic amines) is 1. The van der Waals surface area contributed by atoms with E-state index in [0.29, 0.717) is 37.0 Å². The number of hydrogen-bond acceptors (Lipinski definition) is 5. The highest BCUT2D eigenvalue weighted by molar-refractivity contribution is 5.92. The molecule has 1 fully saturated rings. The molecule has 0 aliphatic carbocycles. The van der Waals surface area contributed by atoms with Crippen LogP contribution in [0.1, 0.15) is 29.8 Å². The number of anilines is 2. The molecule has 0 unspecified atom stereocenters. The van der Waals surface area contributed by atoms with Crippen LogP contribution in [0.25, 0.3) is 11.0 Å². The Labute approximate surface area is 168 Å². The molecule has 4 rings (SSSR count). The summed E-state index contributed by atoms with van der Waals surface area (Å²) in [6.45, 7) is 2.01. The van der Waals surface area contributed by atoms with E-state index >= 15 is 0 Å². The summed E-state index contributed by atoms with van der Waals surface area (Å²) in [5.41, 5.74) is 2.24. The summed E-state index contributed by atoms with van der Waals surface area (Å²) in [6, 6.07) is 13.1. The fraction of sp³-hybridized carbons (Fsp3) is 0.333. The number of hydrogen-bond donors (Lipinski definition) is 2. The van der Waals surface area contributed by atoms with Gasteiger partial charge in [0.25, 0.3) is 5.91 Å². The summed E-state index contributed by atoms with van der Waals surface area (Å²) in [5, 5.41) is 6.06. The number of imidazole rings is 1. The lowest BCUT2D eigenvalue weighted by molar-refractivity contribution is -0.127. The number of nitrogens with zero attached hydrogens (tertiary/aromatic N) is 4. The molecule has 8 heteroatoms. The average Bonchev–Trinajstić information content (AvgIpc) is 3.28. The van der Waals surface area contributed by atoms with Gasteiger partial charge in [-0.2, -0.15) is 0 Å². The molecule has 1 aliphatic rings. The number of amides is 2. The fourth-order valence-electron chi connectivity index (χ4n) is 3.51. The highest BCUT2D eigenvalue weighted by Gasteiger charge is 2.19. The van der Waals surface area contributed by atoms with Crippen molar-refractivity contribution in [3.63, 3.8) is 0 Å². The van der Waals surface area contributed by atoms with Crippen molar-refractivity contribution in [3.05, 3.63) is 48.2 Å². The molecule has 0 atom stereocenters. The summed E-state index contributed by atoms with van der Waals surface area (Å²) >= 11 is 0. The topological polar surface area (TPSA) is 92.2 Å². The second-order valence-electron chi connectivity index (χ2n) is 7.11. The summed E-state index contributed by atoms with van der Waals surface area (Å²) in [6.07, 6.45) is 2.30. The molecule has 2 amide bonds. The minimum Gasteiger partial charge on any atom is -0.351 e. The van der Waals surface area contributed by atoms with Crippen LogP contribution in [-0.4, -0.2) is 50.9 Å². The average molecular weight is 392 g/mol. The normalized spacial score (nSPS) is 13.8. The molecule has 0 bridgehead atoms. The van der Waals surface area contributed by atoms with E-state index in [0.717, 1.165) is 30.4 Å². The summed E-state index contributed by atoms with van der Waals surface area (Å²) in [5.74, 6) is 1.19. The maximum Gasteiger partial charge on any atom is 0.269 e.